The molecule has 0 atom stereocenters. The summed E-state index contributed by atoms with van der Waals surface area (Å²) >= 11 is 0. The minimum Gasteiger partial charge on any atom is -0.454 e. The predicted molar refractivity (Wildman–Crippen MR) is 49.0 cm³/mol. The number of alkyl halides is 3. The van der Waals surface area contributed by atoms with Crippen LogP contribution >= 0.6 is 0 Å². The summed E-state index contributed by atoms with van der Waals surface area (Å²) in [6, 6.07) is 0. The van der Waals surface area contributed by atoms with Crippen LogP contribution in [0.15, 0.2) is 12.2 Å². The summed E-state index contributed by atoms with van der Waals surface area (Å²) in [6.45, 7) is 1.15. The van der Waals surface area contributed by atoms with Gasteiger partial charge >= 0.3 is 12.1 Å². The number of ether oxygens (including phenoxy) is 3. The highest BCUT2D eigenvalue weighted by molar-refractivity contribution is 5.91. The van der Waals surface area contributed by atoms with E-state index in [1.807, 2.05) is 0 Å². The molecule has 0 aliphatic heterocycles. The van der Waals surface area contributed by atoms with Crippen LogP contribution in [-0.2, 0) is 23.8 Å². The second kappa shape index (κ2) is 7.02. The smallest absolute Gasteiger partial charge is 0.422 e. The number of halogens is 3. The van der Waals surface area contributed by atoms with Crippen molar-refractivity contribution < 1.29 is 37.0 Å². The lowest BCUT2D eigenvalue weighted by Gasteiger charge is -2.09. The van der Waals surface area contributed by atoms with Gasteiger partial charge in [-0.05, 0) is 0 Å². The van der Waals surface area contributed by atoms with Crippen LogP contribution < -0.4 is 0 Å². The highest BCUT2D eigenvalue weighted by atomic mass is 19.4. The third-order valence-corrected chi connectivity index (χ3v) is 1.42. The number of carbonyl (C=O) groups is 2. The fraction of sp³-hybridized carbons (Fsp3) is 0.556. The van der Waals surface area contributed by atoms with E-state index in [2.05, 4.69) is 20.8 Å². The largest absolute Gasteiger partial charge is 0.454 e. The van der Waals surface area contributed by atoms with E-state index in [0.717, 1.165) is 0 Å². The summed E-state index contributed by atoms with van der Waals surface area (Å²) in [5, 5.41) is 0. The first-order valence-electron chi connectivity index (χ1n) is 4.30. The molecule has 0 unspecified atom stereocenters. The molecule has 0 saturated carbocycles. The first-order valence-corrected chi connectivity index (χ1v) is 4.30. The molecule has 0 saturated heterocycles. The molecule has 8 heteroatoms. The number of Topliss-reactive ketones (excluding diaryl/α,β-unsaturated/α-hetero) is 1. The number of esters is 1. The molecule has 0 aliphatic carbocycles. The highest BCUT2D eigenvalue weighted by Crippen LogP contribution is 2.24. The summed E-state index contributed by atoms with van der Waals surface area (Å²) < 4.78 is 49.0. The van der Waals surface area contributed by atoms with Crippen LogP contribution in [0.2, 0.25) is 0 Å². The van der Waals surface area contributed by atoms with Gasteiger partial charge in [-0.3, -0.25) is 4.79 Å². The summed E-state index contributed by atoms with van der Waals surface area (Å²) in [7, 11) is 1.33. The van der Waals surface area contributed by atoms with Gasteiger partial charge in [0.25, 0.3) is 0 Å². The van der Waals surface area contributed by atoms with Gasteiger partial charge in [0.2, 0.25) is 0 Å². The predicted octanol–water partition coefficient (Wildman–Crippen LogP) is 0.838. The molecule has 0 aromatic carbocycles. The molecule has 17 heavy (non-hydrogen) atoms. The van der Waals surface area contributed by atoms with Gasteiger partial charge in [0.05, 0.1) is 0 Å². The van der Waals surface area contributed by atoms with E-state index in [9.17, 15) is 22.8 Å². The molecule has 0 aliphatic rings. The van der Waals surface area contributed by atoms with Crippen LogP contribution in [0.5, 0.6) is 0 Å². The molecule has 0 bridgehead atoms. The molecule has 0 fully saturated rings. The zero-order valence-electron chi connectivity index (χ0n) is 9.00. The monoisotopic (exact) mass is 256 g/mol. The lowest BCUT2D eigenvalue weighted by Crippen LogP contribution is -2.24. The van der Waals surface area contributed by atoms with Crippen molar-refractivity contribution in [3.63, 3.8) is 0 Å². The fourth-order valence-corrected chi connectivity index (χ4v) is 0.629. The van der Waals surface area contributed by atoms with Crippen molar-refractivity contribution in [2.45, 2.75) is 6.18 Å². The molecule has 0 radical (unpaired) electrons. The van der Waals surface area contributed by atoms with Crippen LogP contribution in [0, 0.1) is 0 Å². The first kappa shape index (κ1) is 15.6. The number of hydrogen-bond donors (Lipinski definition) is 0. The Labute approximate surface area is 95.1 Å². The quantitative estimate of drug-likeness (QED) is 0.292. The van der Waals surface area contributed by atoms with Crippen molar-refractivity contribution >= 4 is 11.8 Å². The summed E-state index contributed by atoms with van der Waals surface area (Å²) in [5.74, 6) is -2.37. The molecule has 0 N–H and O–H groups in total. The van der Waals surface area contributed by atoms with Gasteiger partial charge in [0, 0.05) is 7.11 Å². The topological polar surface area (TPSA) is 61.8 Å². The molecule has 0 aromatic heterocycles. The van der Waals surface area contributed by atoms with Crippen LogP contribution in [-0.4, -0.2) is 45.0 Å². The van der Waals surface area contributed by atoms with Gasteiger partial charge in [-0.1, -0.05) is 6.58 Å². The Kier molecular flexibility index (Phi) is 6.44. The standard InChI is InChI=1S/C9H11F3O5/c1-6(9(10,11)12)8(14)17-4-7(13)3-16-5-15-2/h1,3-5H2,2H3. The molecule has 0 amide bonds. The molecule has 0 heterocycles. The number of hydrogen-bond acceptors (Lipinski definition) is 5. The first-order chi connectivity index (χ1) is 7.79. The molecule has 5 nitrogen and oxygen atoms in total. The van der Waals surface area contributed by atoms with Crippen molar-refractivity contribution in [1.29, 1.82) is 0 Å². The van der Waals surface area contributed by atoms with E-state index in [1.165, 1.54) is 7.11 Å². The van der Waals surface area contributed by atoms with Crippen LogP contribution in [0.3, 0.4) is 0 Å². The Morgan fingerprint density at radius 1 is 1.24 bits per heavy atom. The Balaban J connectivity index is 3.92. The number of methoxy groups -OCH3 is 1. The van der Waals surface area contributed by atoms with Crippen molar-refractivity contribution in [2.75, 3.05) is 27.1 Å². The van der Waals surface area contributed by atoms with E-state index < -0.39 is 36.7 Å². The molecule has 0 spiro atoms. The van der Waals surface area contributed by atoms with Crippen molar-refractivity contribution in [2.24, 2.45) is 0 Å². The average Bonchev–Trinajstić information content (AvgIpc) is 2.24. The molecular weight excluding hydrogens is 245 g/mol. The van der Waals surface area contributed by atoms with Crippen molar-refractivity contribution in [1.82, 2.24) is 0 Å². The van der Waals surface area contributed by atoms with Crippen molar-refractivity contribution in [3.05, 3.63) is 12.2 Å². The minimum atomic E-state index is -4.87. The van der Waals surface area contributed by atoms with E-state index in [-0.39, 0.29) is 6.79 Å². The summed E-state index contributed by atoms with van der Waals surface area (Å²) in [5.41, 5.74) is -1.66. The second-order valence-electron chi connectivity index (χ2n) is 2.85. The van der Waals surface area contributed by atoms with E-state index in [4.69, 9.17) is 0 Å². The maximum Gasteiger partial charge on any atom is 0.422 e. The Hall–Kier alpha value is -1.41. The zero-order chi connectivity index (χ0) is 13.5. The Morgan fingerprint density at radius 3 is 2.29 bits per heavy atom. The van der Waals surface area contributed by atoms with Gasteiger partial charge in [-0.15, -0.1) is 0 Å². The van der Waals surface area contributed by atoms with E-state index >= 15 is 0 Å². The SMILES string of the molecule is C=C(C(=O)OCC(=O)COCOC)C(F)(F)F. The molecule has 0 aromatic rings. The number of carbonyl (C=O) groups excluding carboxylic acids is 2. The fourth-order valence-electron chi connectivity index (χ4n) is 0.629. The number of ketones is 1. The van der Waals surface area contributed by atoms with Gasteiger partial charge in [0.1, 0.15) is 19.0 Å². The number of rotatable bonds is 7. The Bertz CT molecular complexity index is 297. The maximum atomic E-state index is 11.9. The molecule has 98 valence electrons. The summed E-state index contributed by atoms with van der Waals surface area (Å²) in [4.78, 5) is 21.7. The van der Waals surface area contributed by atoms with Gasteiger partial charge in [-0.25, -0.2) is 4.79 Å². The maximum absolute atomic E-state index is 11.9. The third kappa shape index (κ3) is 6.69. The van der Waals surface area contributed by atoms with Crippen LogP contribution in [0.1, 0.15) is 0 Å². The molecule has 0 rings (SSSR count). The summed E-state index contributed by atoms with van der Waals surface area (Å²) in [6.07, 6.45) is -4.87. The second-order valence-corrected chi connectivity index (χ2v) is 2.85. The van der Waals surface area contributed by atoms with Crippen LogP contribution in [0.4, 0.5) is 13.2 Å². The van der Waals surface area contributed by atoms with E-state index in [0.29, 0.717) is 0 Å². The third-order valence-electron chi connectivity index (χ3n) is 1.42. The van der Waals surface area contributed by atoms with Gasteiger partial charge in [-0.2, -0.15) is 13.2 Å². The zero-order valence-corrected chi connectivity index (χ0v) is 9.00. The lowest BCUT2D eigenvalue weighted by molar-refractivity contribution is -0.155. The lowest BCUT2D eigenvalue weighted by atomic mass is 10.3. The van der Waals surface area contributed by atoms with E-state index in [1.54, 1.807) is 0 Å². The Morgan fingerprint density at radius 2 is 1.82 bits per heavy atom. The highest BCUT2D eigenvalue weighted by Gasteiger charge is 2.38. The average molecular weight is 256 g/mol. The normalized spacial score (nSPS) is 11.1. The molecular formula is C9H11F3O5. The van der Waals surface area contributed by atoms with Crippen LogP contribution in [0.25, 0.3) is 0 Å². The van der Waals surface area contributed by atoms with Gasteiger partial charge in [0.15, 0.2) is 12.4 Å². The van der Waals surface area contributed by atoms with Crippen molar-refractivity contribution in [3.8, 4) is 0 Å². The van der Waals surface area contributed by atoms with Gasteiger partial charge < -0.3 is 14.2 Å². The minimum absolute atomic E-state index is 0.144.